The topological polar surface area (TPSA) is 74.2 Å². The number of methoxy groups -OCH3 is 1. The van der Waals surface area contributed by atoms with Gasteiger partial charge in [-0.3, -0.25) is 4.99 Å². The van der Waals surface area contributed by atoms with Crippen molar-refractivity contribution in [2.75, 3.05) is 58.1 Å². The van der Waals surface area contributed by atoms with Crippen LogP contribution < -0.4 is 10.1 Å². The zero-order valence-corrected chi connectivity index (χ0v) is 20.0. The number of ether oxygens (including phenoxy) is 1. The van der Waals surface area contributed by atoms with Crippen LogP contribution in [0.5, 0.6) is 5.75 Å². The fraction of sp³-hybridized carbons (Fsp3) is 0.588. The Labute approximate surface area is 184 Å². The van der Waals surface area contributed by atoms with Crippen molar-refractivity contribution < 1.29 is 13.2 Å². The third-order valence-electron chi connectivity index (χ3n) is 4.16. The van der Waals surface area contributed by atoms with Crippen molar-refractivity contribution in [3.63, 3.8) is 0 Å². The summed E-state index contributed by atoms with van der Waals surface area (Å²) in [4.78, 5) is 6.21. The van der Waals surface area contributed by atoms with Gasteiger partial charge in [-0.15, -0.1) is 24.0 Å². The fourth-order valence-corrected chi connectivity index (χ4v) is 5.20. The van der Waals surface area contributed by atoms with E-state index >= 15 is 0 Å². The number of aliphatic imine (C=N–C) groups is 1. The first-order chi connectivity index (χ1) is 12.5. The summed E-state index contributed by atoms with van der Waals surface area (Å²) in [6.45, 7) is 2.23. The van der Waals surface area contributed by atoms with Crippen LogP contribution in [0.1, 0.15) is 5.56 Å². The Morgan fingerprint density at radius 3 is 2.48 bits per heavy atom. The first-order valence-electron chi connectivity index (χ1n) is 8.56. The highest BCUT2D eigenvalue weighted by Gasteiger charge is 2.23. The van der Waals surface area contributed by atoms with Crippen LogP contribution in [-0.2, 0) is 16.6 Å². The monoisotopic (exact) mass is 528 g/mol. The minimum absolute atomic E-state index is 0. The molecule has 1 fully saturated rings. The van der Waals surface area contributed by atoms with Crippen molar-refractivity contribution in [2.24, 2.45) is 4.99 Å². The van der Waals surface area contributed by atoms with E-state index in [2.05, 4.69) is 10.3 Å². The van der Waals surface area contributed by atoms with Gasteiger partial charge < -0.3 is 15.0 Å². The maximum absolute atomic E-state index is 12.4. The lowest BCUT2D eigenvalue weighted by molar-refractivity contribution is 0.414. The van der Waals surface area contributed by atoms with E-state index in [1.165, 1.54) is 0 Å². The molecule has 2 rings (SSSR count). The van der Waals surface area contributed by atoms with Gasteiger partial charge in [0.15, 0.2) is 5.96 Å². The normalized spacial score (nSPS) is 15.7. The number of sulfonamides is 1. The van der Waals surface area contributed by atoms with Gasteiger partial charge >= 0.3 is 0 Å². The zero-order valence-electron chi connectivity index (χ0n) is 16.1. The molecule has 1 heterocycles. The molecule has 27 heavy (non-hydrogen) atoms. The summed E-state index contributed by atoms with van der Waals surface area (Å²) >= 11 is 1.80. The van der Waals surface area contributed by atoms with Crippen molar-refractivity contribution in [1.29, 1.82) is 0 Å². The number of hydrogen-bond donors (Lipinski definition) is 1. The third-order valence-corrected chi connectivity index (χ3v) is 6.97. The predicted molar refractivity (Wildman–Crippen MR) is 124 cm³/mol. The molecule has 7 nitrogen and oxygen atoms in total. The van der Waals surface area contributed by atoms with E-state index in [0.717, 1.165) is 22.8 Å². The van der Waals surface area contributed by atoms with Crippen LogP contribution in [0.2, 0.25) is 0 Å². The summed E-state index contributed by atoms with van der Waals surface area (Å²) in [5.74, 6) is 3.32. The highest BCUT2D eigenvalue weighted by atomic mass is 127. The van der Waals surface area contributed by atoms with Gasteiger partial charge in [-0.05, 0) is 17.7 Å². The van der Waals surface area contributed by atoms with Gasteiger partial charge in [-0.25, -0.2) is 12.7 Å². The van der Waals surface area contributed by atoms with E-state index in [-0.39, 0.29) is 29.7 Å². The quantitative estimate of drug-likeness (QED) is 0.330. The van der Waals surface area contributed by atoms with Crippen LogP contribution >= 0.6 is 35.7 Å². The molecule has 10 heteroatoms. The molecule has 0 aromatic heterocycles. The van der Waals surface area contributed by atoms with Crippen LogP contribution in [0.3, 0.4) is 0 Å². The number of benzene rings is 1. The largest absolute Gasteiger partial charge is 0.497 e. The van der Waals surface area contributed by atoms with E-state index in [9.17, 15) is 8.42 Å². The fourth-order valence-electron chi connectivity index (χ4n) is 2.71. The summed E-state index contributed by atoms with van der Waals surface area (Å²) in [6.07, 6.45) is 0. The van der Waals surface area contributed by atoms with Gasteiger partial charge in [0.25, 0.3) is 0 Å². The van der Waals surface area contributed by atoms with Crippen LogP contribution in [-0.4, -0.2) is 81.7 Å². The van der Waals surface area contributed by atoms with Crippen molar-refractivity contribution in [3.8, 4) is 5.75 Å². The van der Waals surface area contributed by atoms with Crippen LogP contribution in [0.4, 0.5) is 0 Å². The lowest BCUT2D eigenvalue weighted by Gasteiger charge is -2.26. The molecule has 0 radical (unpaired) electrons. The molecule has 0 spiro atoms. The average molecular weight is 528 g/mol. The number of thioether (sulfide) groups is 1. The van der Waals surface area contributed by atoms with E-state index in [0.29, 0.717) is 32.1 Å². The van der Waals surface area contributed by atoms with Crippen LogP contribution in [0, 0.1) is 0 Å². The molecule has 0 aliphatic carbocycles. The maximum Gasteiger partial charge on any atom is 0.215 e. The van der Waals surface area contributed by atoms with E-state index < -0.39 is 10.0 Å². The van der Waals surface area contributed by atoms with Crippen molar-refractivity contribution in [1.82, 2.24) is 14.5 Å². The number of halogens is 1. The molecule has 0 saturated carbocycles. The number of rotatable bonds is 7. The first kappa shape index (κ1) is 24.3. The summed E-state index contributed by atoms with van der Waals surface area (Å²) < 4.78 is 31.5. The zero-order chi connectivity index (χ0) is 19.0. The molecule has 0 atom stereocenters. The second-order valence-corrected chi connectivity index (χ2v) is 9.32. The number of nitrogens with zero attached hydrogens (tertiary/aromatic N) is 3. The summed E-state index contributed by atoms with van der Waals surface area (Å²) in [7, 11) is 2.06. The van der Waals surface area contributed by atoms with Gasteiger partial charge in [0.2, 0.25) is 10.0 Å². The van der Waals surface area contributed by atoms with Gasteiger partial charge in [0.1, 0.15) is 5.75 Å². The lowest BCUT2D eigenvalue weighted by Crippen LogP contribution is -2.44. The van der Waals surface area contributed by atoms with Gasteiger partial charge in [0.05, 0.1) is 12.9 Å². The predicted octanol–water partition coefficient (Wildman–Crippen LogP) is 1.70. The minimum Gasteiger partial charge on any atom is -0.497 e. The van der Waals surface area contributed by atoms with Crippen LogP contribution in [0.15, 0.2) is 29.3 Å². The molecule has 0 bridgehead atoms. The lowest BCUT2D eigenvalue weighted by atomic mass is 10.2. The smallest absolute Gasteiger partial charge is 0.215 e. The summed E-state index contributed by atoms with van der Waals surface area (Å²) in [6, 6.07) is 7.84. The average Bonchev–Trinajstić information content (AvgIpc) is 2.66. The summed E-state index contributed by atoms with van der Waals surface area (Å²) in [5.41, 5.74) is 1.12. The molecule has 0 unspecified atom stereocenters. The first-order valence-corrected chi connectivity index (χ1v) is 11.3. The molecule has 1 aliphatic rings. The Balaban J connectivity index is 0.00000364. The Hall–Kier alpha value is -0.720. The molecule has 1 aromatic rings. The molecular formula is C17H29IN4O3S2. The minimum atomic E-state index is -3.21. The third kappa shape index (κ3) is 7.66. The maximum atomic E-state index is 12.4. The number of hydrogen-bond acceptors (Lipinski definition) is 5. The molecule has 1 aliphatic heterocycles. The highest BCUT2D eigenvalue weighted by molar-refractivity contribution is 14.0. The van der Waals surface area contributed by atoms with Gasteiger partial charge in [0, 0.05) is 51.8 Å². The standard InChI is InChI=1S/C17H28N4O3S2.HI/c1-18-17(20(2)14-15-4-6-16(24-3)7-5-15)19-8-13-26(22,23)21-9-11-25-12-10-21;/h4-7H,8-14H2,1-3H3,(H,18,19);1H. The summed E-state index contributed by atoms with van der Waals surface area (Å²) in [5, 5.41) is 3.15. The Bertz CT molecular complexity index is 693. The van der Waals surface area contributed by atoms with Crippen molar-refractivity contribution >= 4 is 51.7 Å². The molecule has 0 amide bonds. The molecule has 154 valence electrons. The Morgan fingerprint density at radius 1 is 1.30 bits per heavy atom. The van der Waals surface area contributed by atoms with E-state index in [1.54, 1.807) is 30.2 Å². The molecule has 1 saturated heterocycles. The number of nitrogens with one attached hydrogen (secondary N) is 1. The van der Waals surface area contributed by atoms with Crippen molar-refractivity contribution in [2.45, 2.75) is 6.54 Å². The molecular weight excluding hydrogens is 499 g/mol. The van der Waals surface area contributed by atoms with Gasteiger partial charge in [-0.2, -0.15) is 11.8 Å². The Morgan fingerprint density at radius 2 is 1.93 bits per heavy atom. The van der Waals surface area contributed by atoms with E-state index in [4.69, 9.17) is 4.74 Å². The molecule has 1 aromatic carbocycles. The Kier molecular flexibility index (Phi) is 10.8. The van der Waals surface area contributed by atoms with Crippen molar-refractivity contribution in [3.05, 3.63) is 29.8 Å². The molecule has 1 N–H and O–H groups in total. The van der Waals surface area contributed by atoms with E-state index in [1.807, 2.05) is 36.2 Å². The second kappa shape index (κ2) is 12.0. The van der Waals surface area contributed by atoms with Gasteiger partial charge in [-0.1, -0.05) is 12.1 Å². The SMILES string of the molecule is CN=C(NCCS(=O)(=O)N1CCSCC1)N(C)Cc1ccc(OC)cc1.I. The number of guanidine groups is 1. The highest BCUT2D eigenvalue weighted by Crippen LogP contribution is 2.14. The van der Waals surface area contributed by atoms with Crippen LogP contribution in [0.25, 0.3) is 0 Å². The second-order valence-electron chi connectivity index (χ2n) is 6.01.